The maximum Gasteiger partial charge on any atom is 0.326 e. The fraction of sp³-hybridized carbons (Fsp3) is 0.294. The number of aromatic nitrogens is 1. The van der Waals surface area contributed by atoms with Crippen LogP contribution in [0.2, 0.25) is 0 Å². The van der Waals surface area contributed by atoms with Crippen molar-refractivity contribution in [3.63, 3.8) is 0 Å². The first-order valence-corrected chi connectivity index (χ1v) is 16.2. The van der Waals surface area contributed by atoms with Crippen molar-refractivity contribution in [2.45, 2.75) is 49.9 Å². The molecule has 1 aromatic heterocycles. The van der Waals surface area contributed by atoms with E-state index in [-0.39, 0.29) is 19.3 Å². The Bertz CT molecular complexity index is 1580. The van der Waals surface area contributed by atoms with Gasteiger partial charge in [-0.25, -0.2) is 4.79 Å². The van der Waals surface area contributed by atoms with Gasteiger partial charge in [-0.1, -0.05) is 78.9 Å². The van der Waals surface area contributed by atoms with Crippen molar-refractivity contribution in [2.24, 2.45) is 5.73 Å². The number of carboxylic acid groups (broad SMARTS) is 1. The molecule has 0 aliphatic carbocycles. The lowest BCUT2D eigenvalue weighted by molar-refractivity contribution is -0.142. The third kappa shape index (κ3) is 9.69. The first kappa shape index (κ1) is 33.3. The molecule has 236 valence electrons. The van der Waals surface area contributed by atoms with Gasteiger partial charge in [0.15, 0.2) is 0 Å². The number of hydrogen-bond donors (Lipinski definition) is 6. The molecule has 0 bridgehead atoms. The van der Waals surface area contributed by atoms with E-state index >= 15 is 0 Å². The number of para-hydroxylation sites is 1. The molecule has 0 saturated heterocycles. The van der Waals surface area contributed by atoms with Crippen molar-refractivity contribution in [2.75, 3.05) is 12.0 Å². The number of hydrogen-bond acceptors (Lipinski definition) is 6. The number of fused-ring (bicyclic) bond motifs is 1. The zero-order valence-electron chi connectivity index (χ0n) is 25.1. The molecule has 45 heavy (non-hydrogen) atoms. The molecule has 0 aliphatic rings. The predicted molar refractivity (Wildman–Crippen MR) is 177 cm³/mol. The van der Waals surface area contributed by atoms with Crippen LogP contribution in [0.5, 0.6) is 0 Å². The van der Waals surface area contributed by atoms with Gasteiger partial charge in [-0.2, -0.15) is 11.8 Å². The molecule has 10 nitrogen and oxygen atoms in total. The van der Waals surface area contributed by atoms with E-state index in [0.717, 1.165) is 27.6 Å². The standard InChI is InChI=1S/C34H39N5O5S/c1-45-17-16-26(35)31(40)37-28(18-22-10-4-2-5-11-22)32(41)38-29(20-24-21-36-27-15-9-8-14-25(24)27)33(42)39-30(34(43)44)19-23-12-6-3-7-13-23/h2-15,21,26,28-30,36H,16-20,35H2,1H3,(H,37,40)(H,38,41)(H,39,42)(H,43,44). The molecule has 7 N–H and O–H groups in total. The SMILES string of the molecule is CSCCC(N)C(=O)NC(Cc1ccccc1)C(=O)NC(Cc1c[nH]c2ccccc12)C(=O)NC(Cc1ccccc1)C(=O)O. The Kier molecular flexibility index (Phi) is 12.2. The summed E-state index contributed by atoms with van der Waals surface area (Å²) in [5, 5.41) is 19.0. The normalized spacial score (nSPS) is 13.7. The molecule has 4 rings (SSSR count). The van der Waals surface area contributed by atoms with Gasteiger partial charge in [0.05, 0.1) is 6.04 Å². The molecule has 3 aromatic carbocycles. The fourth-order valence-corrected chi connectivity index (χ4v) is 5.53. The second kappa shape index (κ2) is 16.5. The topological polar surface area (TPSA) is 166 Å². The minimum Gasteiger partial charge on any atom is -0.480 e. The van der Waals surface area contributed by atoms with E-state index in [4.69, 9.17) is 5.73 Å². The molecule has 4 unspecified atom stereocenters. The van der Waals surface area contributed by atoms with E-state index in [1.54, 1.807) is 42.2 Å². The van der Waals surface area contributed by atoms with Gasteiger partial charge < -0.3 is 31.8 Å². The van der Waals surface area contributed by atoms with Crippen molar-refractivity contribution in [3.8, 4) is 0 Å². The number of benzene rings is 3. The van der Waals surface area contributed by atoms with Crippen LogP contribution in [-0.2, 0) is 38.4 Å². The monoisotopic (exact) mass is 629 g/mol. The molecule has 0 radical (unpaired) electrons. The van der Waals surface area contributed by atoms with E-state index < -0.39 is 47.9 Å². The van der Waals surface area contributed by atoms with E-state index in [1.165, 1.54) is 0 Å². The quantitative estimate of drug-likeness (QED) is 0.111. The third-order valence-corrected chi connectivity index (χ3v) is 8.16. The van der Waals surface area contributed by atoms with E-state index in [1.807, 2.05) is 66.9 Å². The van der Waals surface area contributed by atoms with E-state index in [9.17, 15) is 24.3 Å². The van der Waals surface area contributed by atoms with Crippen molar-refractivity contribution in [1.82, 2.24) is 20.9 Å². The summed E-state index contributed by atoms with van der Waals surface area (Å²) in [6.07, 6.45) is 4.44. The second-order valence-corrected chi connectivity index (χ2v) is 11.8. The zero-order chi connectivity index (χ0) is 32.2. The number of carbonyl (C=O) groups is 4. The summed E-state index contributed by atoms with van der Waals surface area (Å²) in [4.78, 5) is 56.0. The molecule has 4 atom stereocenters. The Morgan fingerprint density at radius 1 is 0.733 bits per heavy atom. The number of H-pyrrole nitrogens is 1. The smallest absolute Gasteiger partial charge is 0.326 e. The molecular formula is C34H39N5O5S. The molecule has 0 aliphatic heterocycles. The average Bonchev–Trinajstić information content (AvgIpc) is 3.46. The number of nitrogens with one attached hydrogen (secondary N) is 4. The van der Waals surface area contributed by atoms with Gasteiger partial charge in [0.25, 0.3) is 0 Å². The minimum atomic E-state index is -1.23. The van der Waals surface area contributed by atoms with Crippen LogP contribution in [0.4, 0.5) is 0 Å². The van der Waals surface area contributed by atoms with Crippen LogP contribution in [0, 0.1) is 0 Å². The molecule has 4 aromatic rings. The van der Waals surface area contributed by atoms with Crippen molar-refractivity contribution in [1.29, 1.82) is 0 Å². The number of carboxylic acids is 1. The summed E-state index contributed by atoms with van der Waals surface area (Å²) in [5.74, 6) is -2.22. The summed E-state index contributed by atoms with van der Waals surface area (Å²) in [7, 11) is 0. The van der Waals surface area contributed by atoms with Crippen LogP contribution in [-0.4, -0.2) is 70.0 Å². The number of carbonyl (C=O) groups excluding carboxylic acids is 3. The third-order valence-electron chi connectivity index (χ3n) is 7.51. The number of amides is 3. The van der Waals surface area contributed by atoms with Crippen molar-refractivity contribution in [3.05, 3.63) is 108 Å². The Balaban J connectivity index is 1.59. The highest BCUT2D eigenvalue weighted by Crippen LogP contribution is 2.19. The lowest BCUT2D eigenvalue weighted by Gasteiger charge is -2.25. The first-order chi connectivity index (χ1) is 21.7. The highest BCUT2D eigenvalue weighted by molar-refractivity contribution is 7.98. The van der Waals surface area contributed by atoms with Gasteiger partial charge in [-0.3, -0.25) is 14.4 Å². The summed E-state index contributed by atoms with van der Waals surface area (Å²) in [6.45, 7) is 0. The second-order valence-electron chi connectivity index (χ2n) is 10.9. The van der Waals surface area contributed by atoms with Crippen LogP contribution >= 0.6 is 11.8 Å². The Labute approximate surface area is 266 Å². The predicted octanol–water partition coefficient (Wildman–Crippen LogP) is 2.82. The maximum atomic E-state index is 13.9. The van der Waals surface area contributed by atoms with Gasteiger partial charge in [0.1, 0.15) is 18.1 Å². The largest absolute Gasteiger partial charge is 0.480 e. The van der Waals surface area contributed by atoms with Crippen molar-refractivity contribution >= 4 is 46.4 Å². The van der Waals surface area contributed by atoms with Gasteiger partial charge in [0, 0.05) is 36.4 Å². The average molecular weight is 630 g/mol. The number of aromatic amines is 1. The molecule has 0 fully saturated rings. The highest BCUT2D eigenvalue weighted by Gasteiger charge is 2.31. The maximum absolute atomic E-state index is 13.9. The highest BCUT2D eigenvalue weighted by atomic mass is 32.2. The van der Waals surface area contributed by atoms with E-state index in [0.29, 0.717) is 12.2 Å². The lowest BCUT2D eigenvalue weighted by Crippen LogP contribution is -2.58. The minimum absolute atomic E-state index is 0.0658. The Morgan fingerprint density at radius 3 is 1.84 bits per heavy atom. The summed E-state index contributed by atoms with van der Waals surface area (Å²) in [6, 6.07) is 21.6. The number of aliphatic carboxylic acids is 1. The zero-order valence-corrected chi connectivity index (χ0v) is 25.9. The number of thioether (sulfide) groups is 1. The van der Waals surface area contributed by atoms with E-state index in [2.05, 4.69) is 20.9 Å². The lowest BCUT2D eigenvalue weighted by atomic mass is 10.0. The summed E-state index contributed by atoms with van der Waals surface area (Å²) in [5.41, 5.74) is 9.28. The van der Waals surface area contributed by atoms with Gasteiger partial charge in [-0.15, -0.1) is 0 Å². The van der Waals surface area contributed by atoms with Gasteiger partial charge in [-0.05, 0) is 41.2 Å². The van der Waals surface area contributed by atoms with Crippen molar-refractivity contribution < 1.29 is 24.3 Å². The molecule has 1 heterocycles. The molecule has 0 saturated carbocycles. The van der Waals surface area contributed by atoms with Gasteiger partial charge >= 0.3 is 5.97 Å². The molecule has 0 spiro atoms. The Morgan fingerprint density at radius 2 is 1.24 bits per heavy atom. The number of rotatable bonds is 16. The van der Waals surface area contributed by atoms with Gasteiger partial charge in [0.2, 0.25) is 17.7 Å². The van der Waals surface area contributed by atoms with Crippen LogP contribution in [0.3, 0.4) is 0 Å². The molecular weight excluding hydrogens is 590 g/mol. The van der Waals surface area contributed by atoms with Crippen LogP contribution in [0.15, 0.2) is 91.1 Å². The Hall–Kier alpha value is -4.61. The summed E-state index contributed by atoms with van der Waals surface area (Å²) >= 11 is 1.57. The summed E-state index contributed by atoms with van der Waals surface area (Å²) < 4.78 is 0. The first-order valence-electron chi connectivity index (χ1n) is 14.8. The number of nitrogens with two attached hydrogens (primary N) is 1. The van der Waals surface area contributed by atoms with Crippen LogP contribution in [0.1, 0.15) is 23.1 Å². The molecule has 11 heteroatoms. The van der Waals surface area contributed by atoms with Crippen LogP contribution < -0.4 is 21.7 Å². The van der Waals surface area contributed by atoms with Crippen LogP contribution in [0.25, 0.3) is 10.9 Å². The fourth-order valence-electron chi connectivity index (χ4n) is 5.04. The molecule has 3 amide bonds.